The van der Waals surface area contributed by atoms with Crippen molar-refractivity contribution in [3.63, 3.8) is 0 Å². The van der Waals surface area contributed by atoms with Crippen LogP contribution in [0.3, 0.4) is 0 Å². The lowest BCUT2D eigenvalue weighted by Crippen LogP contribution is -2.20. The van der Waals surface area contributed by atoms with Crippen LogP contribution in [0.15, 0.2) is 48.5 Å². The van der Waals surface area contributed by atoms with Crippen LogP contribution in [0.1, 0.15) is 29.3 Å². The summed E-state index contributed by atoms with van der Waals surface area (Å²) in [6.45, 7) is 2.59. The summed E-state index contributed by atoms with van der Waals surface area (Å²) in [6.07, 6.45) is 2.11. The number of hydrogen-bond donors (Lipinski definition) is 1. The SMILES string of the molecule is CCCc1ccc(OCC(=O)Nc2ccc(C(=O)OCCOC)cc2)cc1. The fourth-order valence-corrected chi connectivity index (χ4v) is 2.38. The van der Waals surface area contributed by atoms with Crippen LogP contribution in [-0.2, 0) is 20.7 Å². The molecule has 0 aliphatic rings. The maximum atomic E-state index is 12.0. The Bertz CT molecular complexity index is 725. The molecule has 0 aliphatic heterocycles. The Morgan fingerprint density at radius 2 is 1.67 bits per heavy atom. The van der Waals surface area contributed by atoms with Crippen molar-refractivity contribution >= 4 is 17.6 Å². The maximum absolute atomic E-state index is 12.0. The van der Waals surface area contributed by atoms with Crippen molar-refractivity contribution in [3.8, 4) is 5.75 Å². The highest BCUT2D eigenvalue weighted by atomic mass is 16.6. The number of ether oxygens (including phenoxy) is 3. The number of amides is 1. The molecule has 2 aromatic rings. The predicted molar refractivity (Wildman–Crippen MR) is 103 cm³/mol. The van der Waals surface area contributed by atoms with E-state index in [1.54, 1.807) is 24.3 Å². The van der Waals surface area contributed by atoms with Gasteiger partial charge in [0.05, 0.1) is 12.2 Å². The molecule has 6 heteroatoms. The molecule has 2 rings (SSSR count). The van der Waals surface area contributed by atoms with Crippen LogP contribution in [0.25, 0.3) is 0 Å². The first-order chi connectivity index (χ1) is 13.1. The number of rotatable bonds is 10. The summed E-state index contributed by atoms with van der Waals surface area (Å²) < 4.78 is 15.3. The van der Waals surface area contributed by atoms with Gasteiger partial charge in [-0.05, 0) is 48.4 Å². The molecule has 0 atom stereocenters. The minimum absolute atomic E-state index is 0.0893. The van der Waals surface area contributed by atoms with E-state index in [1.807, 2.05) is 24.3 Å². The summed E-state index contributed by atoms with van der Waals surface area (Å²) in [6, 6.07) is 14.2. The summed E-state index contributed by atoms with van der Waals surface area (Å²) in [5.74, 6) is -0.0537. The van der Waals surface area contributed by atoms with Gasteiger partial charge in [0, 0.05) is 12.8 Å². The third kappa shape index (κ3) is 7.11. The lowest BCUT2D eigenvalue weighted by Gasteiger charge is -2.09. The number of benzene rings is 2. The Morgan fingerprint density at radius 3 is 2.30 bits per heavy atom. The summed E-state index contributed by atoms with van der Waals surface area (Å²) >= 11 is 0. The van der Waals surface area contributed by atoms with Crippen LogP contribution in [0.2, 0.25) is 0 Å². The second-order valence-electron chi connectivity index (χ2n) is 5.94. The van der Waals surface area contributed by atoms with Crippen molar-refractivity contribution in [2.75, 3.05) is 32.2 Å². The molecule has 0 radical (unpaired) electrons. The van der Waals surface area contributed by atoms with Gasteiger partial charge in [-0.3, -0.25) is 4.79 Å². The van der Waals surface area contributed by atoms with Crippen molar-refractivity contribution in [1.29, 1.82) is 0 Å². The van der Waals surface area contributed by atoms with Crippen molar-refractivity contribution in [1.82, 2.24) is 0 Å². The van der Waals surface area contributed by atoms with Gasteiger partial charge in [0.1, 0.15) is 12.4 Å². The summed E-state index contributed by atoms with van der Waals surface area (Å²) in [5, 5.41) is 2.73. The van der Waals surface area contributed by atoms with Crippen LogP contribution < -0.4 is 10.1 Å². The number of carbonyl (C=O) groups excluding carboxylic acids is 2. The van der Waals surface area contributed by atoms with Crippen LogP contribution >= 0.6 is 0 Å². The van der Waals surface area contributed by atoms with E-state index >= 15 is 0 Å². The molecule has 0 aliphatic carbocycles. The third-order valence-corrected chi connectivity index (χ3v) is 3.76. The van der Waals surface area contributed by atoms with Crippen molar-refractivity contribution in [2.45, 2.75) is 19.8 Å². The van der Waals surface area contributed by atoms with Gasteiger partial charge in [-0.2, -0.15) is 0 Å². The van der Waals surface area contributed by atoms with Gasteiger partial charge in [-0.25, -0.2) is 4.79 Å². The molecular formula is C21H25NO5. The Hall–Kier alpha value is -2.86. The second-order valence-corrected chi connectivity index (χ2v) is 5.94. The normalized spacial score (nSPS) is 10.3. The lowest BCUT2D eigenvalue weighted by atomic mass is 10.1. The van der Waals surface area contributed by atoms with Gasteiger partial charge in [0.2, 0.25) is 0 Å². The van der Waals surface area contributed by atoms with Gasteiger partial charge in [-0.1, -0.05) is 25.5 Å². The molecule has 0 saturated heterocycles. The highest BCUT2D eigenvalue weighted by Crippen LogP contribution is 2.14. The van der Waals surface area contributed by atoms with Gasteiger partial charge < -0.3 is 19.5 Å². The number of aryl methyl sites for hydroxylation is 1. The molecule has 2 aromatic carbocycles. The molecule has 144 valence electrons. The topological polar surface area (TPSA) is 73.9 Å². The van der Waals surface area contributed by atoms with E-state index in [1.165, 1.54) is 12.7 Å². The minimum Gasteiger partial charge on any atom is -0.484 e. The van der Waals surface area contributed by atoms with Crippen LogP contribution in [0.5, 0.6) is 5.75 Å². The van der Waals surface area contributed by atoms with E-state index in [9.17, 15) is 9.59 Å². The van der Waals surface area contributed by atoms with Gasteiger partial charge in [-0.15, -0.1) is 0 Å². The van der Waals surface area contributed by atoms with Crippen LogP contribution in [-0.4, -0.2) is 38.8 Å². The standard InChI is InChI=1S/C21H25NO5/c1-3-4-16-5-11-19(12-6-16)27-15-20(23)22-18-9-7-17(8-10-18)21(24)26-14-13-25-2/h5-12H,3-4,13-15H2,1-2H3,(H,22,23). The third-order valence-electron chi connectivity index (χ3n) is 3.76. The second kappa shape index (κ2) is 11.0. The first-order valence-corrected chi connectivity index (χ1v) is 8.90. The number of nitrogens with one attached hydrogen (secondary N) is 1. The highest BCUT2D eigenvalue weighted by molar-refractivity contribution is 5.93. The molecule has 0 bridgehead atoms. The molecule has 0 spiro atoms. The summed E-state index contributed by atoms with van der Waals surface area (Å²) in [5.41, 5.74) is 2.23. The molecule has 0 unspecified atom stereocenters. The average molecular weight is 371 g/mol. The Balaban J connectivity index is 1.78. The molecule has 0 fully saturated rings. The van der Waals surface area contributed by atoms with Gasteiger partial charge in [0.25, 0.3) is 5.91 Å². The zero-order valence-electron chi connectivity index (χ0n) is 15.7. The van der Waals surface area contributed by atoms with Gasteiger partial charge >= 0.3 is 5.97 Å². The predicted octanol–water partition coefficient (Wildman–Crippen LogP) is 3.46. The molecule has 0 saturated carbocycles. The number of esters is 1. The summed E-state index contributed by atoms with van der Waals surface area (Å²) in [4.78, 5) is 23.8. The zero-order valence-corrected chi connectivity index (χ0v) is 15.7. The number of methoxy groups -OCH3 is 1. The van der Waals surface area contributed by atoms with Crippen molar-refractivity contribution in [2.24, 2.45) is 0 Å². The fraction of sp³-hybridized carbons (Fsp3) is 0.333. The molecule has 1 N–H and O–H groups in total. The molecule has 27 heavy (non-hydrogen) atoms. The highest BCUT2D eigenvalue weighted by Gasteiger charge is 2.08. The molecule has 1 amide bonds. The van der Waals surface area contributed by atoms with Crippen molar-refractivity contribution in [3.05, 3.63) is 59.7 Å². The molecule has 6 nitrogen and oxygen atoms in total. The number of anilines is 1. The first-order valence-electron chi connectivity index (χ1n) is 8.90. The van der Waals surface area contributed by atoms with E-state index in [2.05, 4.69) is 12.2 Å². The number of hydrogen-bond acceptors (Lipinski definition) is 5. The van der Waals surface area contributed by atoms with Crippen molar-refractivity contribution < 1.29 is 23.8 Å². The zero-order chi connectivity index (χ0) is 19.5. The van der Waals surface area contributed by atoms with E-state index in [0.29, 0.717) is 23.6 Å². The largest absolute Gasteiger partial charge is 0.484 e. The lowest BCUT2D eigenvalue weighted by molar-refractivity contribution is -0.118. The monoisotopic (exact) mass is 371 g/mol. The van der Waals surface area contributed by atoms with Crippen LogP contribution in [0, 0.1) is 0 Å². The quantitative estimate of drug-likeness (QED) is 0.511. The van der Waals surface area contributed by atoms with E-state index in [-0.39, 0.29) is 19.1 Å². The Labute approximate surface area is 159 Å². The minimum atomic E-state index is -0.431. The first kappa shape index (κ1) is 20.5. The fourth-order valence-electron chi connectivity index (χ4n) is 2.38. The van der Waals surface area contributed by atoms with E-state index < -0.39 is 5.97 Å². The molecular weight excluding hydrogens is 346 g/mol. The molecule has 0 aromatic heterocycles. The van der Waals surface area contributed by atoms with E-state index in [4.69, 9.17) is 14.2 Å². The summed E-state index contributed by atoms with van der Waals surface area (Å²) in [7, 11) is 1.54. The Morgan fingerprint density at radius 1 is 0.963 bits per heavy atom. The van der Waals surface area contributed by atoms with Crippen LogP contribution in [0.4, 0.5) is 5.69 Å². The maximum Gasteiger partial charge on any atom is 0.338 e. The number of carbonyl (C=O) groups is 2. The smallest absolute Gasteiger partial charge is 0.338 e. The average Bonchev–Trinajstić information content (AvgIpc) is 2.68. The van der Waals surface area contributed by atoms with E-state index in [0.717, 1.165) is 12.8 Å². The Kier molecular flexibility index (Phi) is 8.32. The van der Waals surface area contributed by atoms with Gasteiger partial charge in [0.15, 0.2) is 6.61 Å². The molecule has 0 heterocycles.